The molecule has 1 aromatic carbocycles. The molecular formula is C16H17FN5O5S2-. The zero-order valence-electron chi connectivity index (χ0n) is 15.2. The monoisotopic (exact) mass is 442 g/mol. The van der Waals surface area contributed by atoms with Gasteiger partial charge in [0.25, 0.3) is 0 Å². The molecule has 10 nitrogen and oxygen atoms in total. The molecule has 1 fully saturated rings. The Morgan fingerprint density at radius 3 is 2.97 bits per heavy atom. The van der Waals surface area contributed by atoms with Crippen LogP contribution in [0.2, 0.25) is 0 Å². The van der Waals surface area contributed by atoms with Crippen molar-refractivity contribution in [2.45, 2.75) is 19.6 Å². The summed E-state index contributed by atoms with van der Waals surface area (Å²) in [6.45, 7) is 1.93. The van der Waals surface area contributed by atoms with E-state index in [-0.39, 0.29) is 37.0 Å². The topological polar surface area (TPSA) is 137 Å². The normalized spacial score (nSPS) is 17.3. The summed E-state index contributed by atoms with van der Waals surface area (Å²) < 4.78 is 40.8. The summed E-state index contributed by atoms with van der Waals surface area (Å²) in [7, 11) is 0. The van der Waals surface area contributed by atoms with E-state index in [9.17, 15) is 22.7 Å². The van der Waals surface area contributed by atoms with Gasteiger partial charge in [-0.15, -0.1) is 10.2 Å². The lowest BCUT2D eigenvalue weighted by atomic mass is 10.2. The number of hydrogen-bond donors (Lipinski definition) is 2. The maximum atomic E-state index is 14.6. The summed E-state index contributed by atoms with van der Waals surface area (Å²) in [5, 5.41) is 13.9. The average Bonchev–Trinajstić information content (AvgIpc) is 3.26. The summed E-state index contributed by atoms with van der Waals surface area (Å²) in [4.78, 5) is 24.3. The van der Waals surface area contributed by atoms with E-state index in [1.807, 2.05) is 0 Å². The molecule has 2 aromatic rings. The molecule has 2 N–H and O–H groups in total. The van der Waals surface area contributed by atoms with Gasteiger partial charge in [0, 0.05) is 12.5 Å². The first kappa shape index (κ1) is 21.2. The smallest absolute Gasteiger partial charge is 0.414 e. The van der Waals surface area contributed by atoms with Gasteiger partial charge >= 0.3 is 6.09 Å². The Balaban J connectivity index is 1.67. The Labute approximate surface area is 171 Å². The van der Waals surface area contributed by atoms with Crippen molar-refractivity contribution >= 4 is 40.1 Å². The molecule has 29 heavy (non-hydrogen) atoms. The van der Waals surface area contributed by atoms with Gasteiger partial charge in [0.15, 0.2) is 5.01 Å². The van der Waals surface area contributed by atoms with Crippen molar-refractivity contribution in [3.05, 3.63) is 29.0 Å². The number of amides is 2. The van der Waals surface area contributed by atoms with E-state index in [1.54, 1.807) is 6.07 Å². The summed E-state index contributed by atoms with van der Waals surface area (Å²) in [6, 6.07) is 4.27. The molecule has 2 amide bonds. The molecule has 156 valence electrons. The fraction of sp³-hybridized carbons (Fsp3) is 0.375. The van der Waals surface area contributed by atoms with E-state index in [2.05, 4.69) is 20.8 Å². The number of carbonyl (C=O) groups excluding carboxylic acids is 2. The van der Waals surface area contributed by atoms with Gasteiger partial charge in [-0.3, -0.25) is 13.9 Å². The van der Waals surface area contributed by atoms with Gasteiger partial charge in [0.05, 0.1) is 31.2 Å². The Morgan fingerprint density at radius 2 is 2.28 bits per heavy atom. The molecule has 13 heteroatoms. The number of nitrogens with zero attached hydrogens (tertiary/aromatic N) is 3. The van der Waals surface area contributed by atoms with Crippen molar-refractivity contribution in [3.63, 3.8) is 0 Å². The lowest BCUT2D eigenvalue weighted by molar-refractivity contribution is -0.119. The largest absolute Gasteiger partial charge is 0.771 e. The number of aromatic nitrogens is 2. The second kappa shape index (κ2) is 9.35. The number of carbonyl (C=O) groups is 2. The van der Waals surface area contributed by atoms with E-state index in [0.717, 1.165) is 11.3 Å². The molecule has 0 saturated carbocycles. The van der Waals surface area contributed by atoms with Crippen LogP contribution >= 0.6 is 11.3 Å². The van der Waals surface area contributed by atoms with Crippen molar-refractivity contribution in [3.8, 4) is 10.6 Å². The van der Waals surface area contributed by atoms with Crippen LogP contribution in [0.1, 0.15) is 11.9 Å². The van der Waals surface area contributed by atoms with E-state index in [0.29, 0.717) is 15.7 Å². The van der Waals surface area contributed by atoms with Crippen LogP contribution in [-0.4, -0.2) is 56.0 Å². The quantitative estimate of drug-likeness (QED) is 0.571. The highest BCUT2D eigenvalue weighted by molar-refractivity contribution is 7.79. The third-order valence-corrected chi connectivity index (χ3v) is 5.31. The summed E-state index contributed by atoms with van der Waals surface area (Å²) in [5.74, 6) is -1.04. The Kier molecular flexibility index (Phi) is 6.84. The molecule has 0 aliphatic carbocycles. The molecule has 2 atom stereocenters. The van der Waals surface area contributed by atoms with Crippen LogP contribution in [0, 0.1) is 5.82 Å². The zero-order valence-corrected chi connectivity index (χ0v) is 16.8. The van der Waals surface area contributed by atoms with Crippen LogP contribution in [0.3, 0.4) is 0 Å². The predicted octanol–water partition coefficient (Wildman–Crippen LogP) is 0.732. The van der Waals surface area contributed by atoms with E-state index in [4.69, 9.17) is 4.74 Å². The molecule has 1 unspecified atom stereocenters. The van der Waals surface area contributed by atoms with Crippen LogP contribution in [-0.2, 0) is 27.2 Å². The number of cyclic esters (lactones) is 1. The number of rotatable bonds is 8. The minimum absolute atomic E-state index is 0.180. The van der Waals surface area contributed by atoms with Gasteiger partial charge in [-0.2, -0.15) is 0 Å². The standard InChI is InChI=1S/C16H18FN5O5S2/c1-9(23)19-5-11-7-22(16(24)27-11)10-2-3-12(13(17)4-10)15-21-20-14(28-15)6-18-8-29(25)26/h2-4,11,18H,5-8H2,1H3,(H,19,23)(H,25,26)/p-1/t11-/m0/s1. The number of hydrogen-bond acceptors (Lipinski definition) is 9. The highest BCUT2D eigenvalue weighted by atomic mass is 32.2. The predicted molar refractivity (Wildman–Crippen MR) is 102 cm³/mol. The molecule has 1 aliphatic heterocycles. The average molecular weight is 442 g/mol. The molecule has 3 rings (SSSR count). The van der Waals surface area contributed by atoms with Gasteiger partial charge < -0.3 is 19.9 Å². The van der Waals surface area contributed by atoms with Crippen LogP contribution < -0.4 is 15.5 Å². The summed E-state index contributed by atoms with van der Waals surface area (Å²) in [5.41, 5.74) is 0.540. The minimum atomic E-state index is -2.21. The summed E-state index contributed by atoms with van der Waals surface area (Å²) >= 11 is -1.08. The fourth-order valence-electron chi connectivity index (χ4n) is 2.62. The minimum Gasteiger partial charge on any atom is -0.771 e. The van der Waals surface area contributed by atoms with E-state index >= 15 is 0 Å². The SMILES string of the molecule is CC(=O)NC[C@H]1CN(c2ccc(-c3nnc(CNCS(=O)[O-])s3)c(F)c2)C(=O)O1. The number of halogens is 1. The second-order valence-electron chi connectivity index (χ2n) is 6.09. The molecule has 1 saturated heterocycles. The Hall–Kier alpha value is -2.48. The Bertz CT molecular complexity index is 940. The van der Waals surface area contributed by atoms with Crippen LogP contribution in [0.4, 0.5) is 14.9 Å². The van der Waals surface area contributed by atoms with Gasteiger partial charge in [-0.25, -0.2) is 9.18 Å². The van der Waals surface area contributed by atoms with Crippen molar-refractivity contribution in [2.24, 2.45) is 0 Å². The van der Waals surface area contributed by atoms with Crippen molar-refractivity contribution in [1.29, 1.82) is 0 Å². The third-order valence-electron chi connectivity index (χ3n) is 3.91. The highest BCUT2D eigenvalue weighted by Gasteiger charge is 2.32. The second-order valence-corrected chi connectivity index (χ2v) is 8.05. The molecule has 1 aliphatic rings. The number of benzene rings is 1. The van der Waals surface area contributed by atoms with E-state index in [1.165, 1.54) is 24.0 Å². The molecule has 0 radical (unpaired) electrons. The first-order chi connectivity index (χ1) is 13.8. The van der Waals surface area contributed by atoms with Gasteiger partial charge in [-0.05, 0) is 29.3 Å². The number of ether oxygens (including phenoxy) is 1. The first-order valence-corrected chi connectivity index (χ1v) is 10.5. The van der Waals surface area contributed by atoms with Crippen LogP contribution in [0.25, 0.3) is 10.6 Å². The summed E-state index contributed by atoms with van der Waals surface area (Å²) in [6.07, 6.45) is -1.14. The molecule has 0 spiro atoms. The lowest BCUT2D eigenvalue weighted by Gasteiger charge is -2.14. The fourth-order valence-corrected chi connectivity index (χ4v) is 3.72. The van der Waals surface area contributed by atoms with E-state index < -0.39 is 29.1 Å². The van der Waals surface area contributed by atoms with Crippen molar-refractivity contribution in [2.75, 3.05) is 23.9 Å². The maximum absolute atomic E-state index is 14.6. The molecule has 1 aromatic heterocycles. The van der Waals surface area contributed by atoms with Crippen LogP contribution in [0.5, 0.6) is 0 Å². The van der Waals surface area contributed by atoms with Crippen molar-refractivity contribution in [1.82, 2.24) is 20.8 Å². The molecule has 2 heterocycles. The first-order valence-electron chi connectivity index (χ1n) is 8.45. The molecule has 0 bridgehead atoms. The van der Waals surface area contributed by atoms with Crippen molar-refractivity contribution < 1.29 is 27.5 Å². The molecular weight excluding hydrogens is 425 g/mol. The zero-order chi connectivity index (χ0) is 21.0. The number of anilines is 1. The third kappa shape index (κ3) is 5.53. The lowest BCUT2D eigenvalue weighted by Crippen LogP contribution is -2.33. The number of nitrogens with one attached hydrogen (secondary N) is 2. The van der Waals surface area contributed by atoms with Crippen LogP contribution in [0.15, 0.2) is 18.2 Å². The van der Waals surface area contributed by atoms with Gasteiger partial charge in [0.1, 0.15) is 16.9 Å². The maximum Gasteiger partial charge on any atom is 0.414 e. The van der Waals surface area contributed by atoms with Gasteiger partial charge in [-0.1, -0.05) is 11.3 Å². The van der Waals surface area contributed by atoms with Gasteiger partial charge in [0.2, 0.25) is 5.91 Å². The Morgan fingerprint density at radius 1 is 1.48 bits per heavy atom. The highest BCUT2D eigenvalue weighted by Crippen LogP contribution is 2.30.